The number of halogens is 2. The van der Waals surface area contributed by atoms with E-state index in [1.54, 1.807) is 0 Å². The van der Waals surface area contributed by atoms with E-state index in [2.05, 4.69) is 77.7 Å². The van der Waals surface area contributed by atoms with Crippen molar-refractivity contribution in [1.82, 2.24) is 0 Å². The van der Waals surface area contributed by atoms with Gasteiger partial charge < -0.3 is 5.32 Å². The topological polar surface area (TPSA) is 26.5 Å². The maximum atomic E-state index is 4.64. The number of aliphatic imine (C=N–C) groups is 1. The molecule has 0 aromatic heterocycles. The fourth-order valence-electron chi connectivity index (χ4n) is 2.16. The first-order valence-corrected chi connectivity index (χ1v) is 11.5. The van der Waals surface area contributed by atoms with Gasteiger partial charge >= 0.3 is 39.3 Å². The van der Waals surface area contributed by atoms with Gasteiger partial charge in [0.05, 0.1) is 5.69 Å². The van der Waals surface area contributed by atoms with Crippen LogP contribution in [-0.2, 0) is 16.3 Å². The van der Waals surface area contributed by atoms with E-state index < -0.39 is 0 Å². The predicted molar refractivity (Wildman–Crippen MR) is 92.4 cm³/mol. The average Bonchev–Trinajstić information content (AvgIpc) is 2.90. The van der Waals surface area contributed by atoms with Crippen molar-refractivity contribution in [3.05, 3.63) is 35.1 Å². The van der Waals surface area contributed by atoms with Crippen LogP contribution in [0.5, 0.6) is 0 Å². The zero-order valence-electron chi connectivity index (χ0n) is 12.1. The van der Waals surface area contributed by atoms with Crippen LogP contribution in [0.4, 0.5) is 5.69 Å². The third-order valence-electron chi connectivity index (χ3n) is 3.12. The molecule has 1 aromatic carbocycles. The van der Waals surface area contributed by atoms with Crippen LogP contribution in [0.1, 0.15) is 39.2 Å². The molecule has 2 rings (SSSR count). The Hall–Kier alpha value is 0.304. The van der Waals surface area contributed by atoms with Crippen LogP contribution in [0.25, 0.3) is 5.32 Å². The van der Waals surface area contributed by atoms with Crippen LogP contribution in [0.3, 0.4) is 0 Å². The van der Waals surface area contributed by atoms with Crippen LogP contribution in [0, 0.1) is 0 Å². The van der Waals surface area contributed by atoms with E-state index in [1.165, 1.54) is 22.9 Å². The molecule has 5 heteroatoms. The Bertz CT molecular complexity index is 424. The Labute approximate surface area is 142 Å². The van der Waals surface area contributed by atoms with E-state index in [0.717, 1.165) is 18.7 Å². The van der Waals surface area contributed by atoms with Crippen LogP contribution < -0.4 is 0 Å². The first kappa shape index (κ1) is 18.4. The van der Waals surface area contributed by atoms with Crippen molar-refractivity contribution < 1.29 is 10.9 Å². The Morgan fingerprint density at radius 1 is 1.30 bits per heavy atom. The van der Waals surface area contributed by atoms with Crippen molar-refractivity contribution in [1.29, 1.82) is 0 Å². The first-order valence-electron chi connectivity index (χ1n) is 6.61. The fourth-order valence-corrected chi connectivity index (χ4v) is 2.16. The molecule has 115 valence electrons. The minimum atomic E-state index is 0.140. The van der Waals surface area contributed by atoms with Crippen LogP contribution in [0.2, 0.25) is 0 Å². The van der Waals surface area contributed by atoms with Gasteiger partial charge in [-0.1, -0.05) is 57.9 Å². The molecule has 0 amide bonds. The molecule has 1 unspecified atom stereocenters. The van der Waals surface area contributed by atoms with Crippen LogP contribution in [-0.4, -0.2) is 18.8 Å². The van der Waals surface area contributed by atoms with E-state index in [0.29, 0.717) is 6.04 Å². The average molecular weight is 448 g/mol. The Kier molecular flexibility index (Phi) is 8.58. The summed E-state index contributed by atoms with van der Waals surface area (Å²) in [4.78, 5) is 4.64. The number of benzene rings is 1. The van der Waals surface area contributed by atoms with Gasteiger partial charge in [0.15, 0.2) is 0 Å². The summed E-state index contributed by atoms with van der Waals surface area (Å²) in [5.74, 6) is 0. The number of hydrogen-bond acceptors (Lipinski definition) is 1. The molecule has 1 saturated heterocycles. The second-order valence-electron chi connectivity index (χ2n) is 5.71. The number of rotatable bonds is 2. The summed E-state index contributed by atoms with van der Waals surface area (Å²) >= 11 is 6.00. The van der Waals surface area contributed by atoms with Gasteiger partial charge in [0.2, 0.25) is 0 Å². The number of hydrogen-bond donors (Lipinski definition) is 0. The zero-order valence-corrected chi connectivity index (χ0v) is 16.2. The molecule has 0 spiro atoms. The van der Waals surface area contributed by atoms with Gasteiger partial charge in [0.25, 0.3) is 0 Å². The molecule has 20 heavy (non-hydrogen) atoms. The van der Waals surface area contributed by atoms with Crippen molar-refractivity contribution in [2.45, 2.75) is 45.1 Å². The molecule has 1 fully saturated rings. The first-order chi connectivity index (χ1) is 9.49. The van der Waals surface area contributed by atoms with Crippen molar-refractivity contribution in [2.24, 2.45) is 4.99 Å². The van der Waals surface area contributed by atoms with Crippen LogP contribution >= 0.6 is 28.5 Å². The summed E-state index contributed by atoms with van der Waals surface area (Å²) in [6, 6.07) is 8.72. The van der Waals surface area contributed by atoms with Gasteiger partial charge in [-0.2, -0.15) is 0 Å². The summed E-state index contributed by atoms with van der Waals surface area (Å²) in [6.45, 7) is 7.67. The predicted octanol–water partition coefficient (Wildman–Crippen LogP) is 5.91. The summed E-state index contributed by atoms with van der Waals surface area (Å²) in [6.07, 6.45) is 4.37. The summed E-state index contributed by atoms with van der Waals surface area (Å²) < 4.78 is 0. The molecule has 1 atom stereocenters. The molecule has 0 bridgehead atoms. The molecule has 2 nitrogen and oxygen atoms in total. The van der Waals surface area contributed by atoms with Crippen molar-refractivity contribution in [3.63, 3.8) is 0 Å². The van der Waals surface area contributed by atoms with Crippen molar-refractivity contribution >= 4 is 40.4 Å². The summed E-state index contributed by atoms with van der Waals surface area (Å²) in [5.41, 5.74) is 2.53. The SMILES string of the molecule is CC(C)(C)c1ccccc1N=CC1CCC[N-]1.[Br][Ni+][Br]. The monoisotopic (exact) mass is 445 g/mol. The van der Waals surface area contributed by atoms with Crippen molar-refractivity contribution in [3.8, 4) is 0 Å². The van der Waals surface area contributed by atoms with Gasteiger partial charge in [-0.15, -0.1) is 6.54 Å². The fraction of sp³-hybridized carbons (Fsp3) is 0.533. The normalized spacial score (nSPS) is 19.1. The molecular weight excluding hydrogens is 427 g/mol. The number of para-hydroxylation sites is 1. The molecule has 0 N–H and O–H groups in total. The standard InChI is InChI=1S/C15H21N2.2BrH.Ni/c1-15(2,3)13-8-4-5-9-14(13)17-11-12-7-6-10-16-12;;;/h4-5,8-9,11-12H,6-7,10H2,1-3H3;2*1H;/q-1;;;+3/p-2. The molecule has 0 radical (unpaired) electrons. The second-order valence-corrected chi connectivity index (χ2v) is 10.7. The molecule has 1 aliphatic heterocycles. The summed E-state index contributed by atoms with van der Waals surface area (Å²) in [7, 11) is 1.25. The van der Waals surface area contributed by atoms with Gasteiger partial charge in [-0.25, -0.2) is 0 Å². The molecular formula is C15H21Br2N2Ni. The van der Waals surface area contributed by atoms with E-state index in [9.17, 15) is 0 Å². The van der Waals surface area contributed by atoms with Gasteiger partial charge in [0, 0.05) is 0 Å². The Morgan fingerprint density at radius 3 is 2.50 bits per heavy atom. The maximum absolute atomic E-state index is 4.64. The van der Waals surface area contributed by atoms with Gasteiger partial charge in [-0.3, -0.25) is 4.99 Å². The van der Waals surface area contributed by atoms with E-state index in [-0.39, 0.29) is 5.41 Å². The second kappa shape index (κ2) is 9.35. The quantitative estimate of drug-likeness (QED) is 0.398. The summed E-state index contributed by atoms with van der Waals surface area (Å²) in [5, 5.41) is 4.49. The molecule has 0 aliphatic carbocycles. The Balaban J connectivity index is 0.000000612. The van der Waals surface area contributed by atoms with Crippen LogP contribution in [0.15, 0.2) is 29.3 Å². The van der Waals surface area contributed by atoms with Crippen molar-refractivity contribution in [2.75, 3.05) is 6.54 Å². The third kappa shape index (κ3) is 6.38. The van der Waals surface area contributed by atoms with Gasteiger partial charge in [-0.05, 0) is 23.3 Å². The number of nitrogens with zero attached hydrogens (tertiary/aromatic N) is 2. The minimum absolute atomic E-state index is 0.140. The third-order valence-corrected chi connectivity index (χ3v) is 3.12. The zero-order chi connectivity index (χ0) is 15.0. The van der Waals surface area contributed by atoms with E-state index in [1.807, 2.05) is 12.3 Å². The van der Waals surface area contributed by atoms with Gasteiger partial charge in [0.1, 0.15) is 0 Å². The molecule has 1 aromatic rings. The van der Waals surface area contributed by atoms with E-state index >= 15 is 0 Å². The molecule has 1 aliphatic rings. The Morgan fingerprint density at radius 2 is 1.95 bits per heavy atom. The van der Waals surface area contributed by atoms with E-state index in [4.69, 9.17) is 0 Å². The molecule has 0 saturated carbocycles. The molecule has 1 heterocycles.